The molecule has 1 heterocycles. The van der Waals surface area contributed by atoms with Gasteiger partial charge >= 0.3 is 6.03 Å². The van der Waals surface area contributed by atoms with Crippen molar-refractivity contribution in [1.82, 2.24) is 4.90 Å². The molecule has 0 aliphatic carbocycles. The lowest BCUT2D eigenvalue weighted by Gasteiger charge is -2.46. The number of piperidine rings is 1. The molecule has 2 rings (SSSR count). The standard InChI is InChI=1S/C16H22Cl2N2O2/c1-15(2,3)16(22)4-6-20(7-5-16)14(21)19-13-9-11(17)8-12(18)10-13/h8-10,22H,4-7H2,1-3H3,(H,19,21). The zero-order valence-corrected chi connectivity index (χ0v) is 14.6. The molecule has 6 heteroatoms. The van der Waals surface area contributed by atoms with Crippen molar-refractivity contribution >= 4 is 34.9 Å². The number of rotatable bonds is 1. The fourth-order valence-electron chi connectivity index (χ4n) is 2.66. The van der Waals surface area contributed by atoms with Gasteiger partial charge in [-0.15, -0.1) is 0 Å². The van der Waals surface area contributed by atoms with Gasteiger partial charge in [-0.2, -0.15) is 0 Å². The second-order valence-electron chi connectivity index (χ2n) is 6.86. The predicted octanol–water partition coefficient (Wildman–Crippen LogP) is 4.40. The average molecular weight is 345 g/mol. The van der Waals surface area contributed by atoms with Gasteiger partial charge in [-0.1, -0.05) is 44.0 Å². The molecule has 2 N–H and O–H groups in total. The number of benzene rings is 1. The van der Waals surface area contributed by atoms with Crippen LogP contribution >= 0.6 is 23.2 Å². The summed E-state index contributed by atoms with van der Waals surface area (Å²) < 4.78 is 0. The molecule has 0 saturated carbocycles. The lowest BCUT2D eigenvalue weighted by molar-refractivity contribution is -0.0925. The minimum Gasteiger partial charge on any atom is -0.389 e. The monoisotopic (exact) mass is 344 g/mol. The maximum Gasteiger partial charge on any atom is 0.321 e. The van der Waals surface area contributed by atoms with E-state index >= 15 is 0 Å². The SMILES string of the molecule is CC(C)(C)C1(O)CCN(C(=O)Nc2cc(Cl)cc(Cl)c2)CC1. The molecule has 122 valence electrons. The third kappa shape index (κ3) is 3.86. The first-order chi connectivity index (χ1) is 10.1. The zero-order valence-electron chi connectivity index (χ0n) is 13.1. The van der Waals surface area contributed by atoms with Crippen LogP contribution in [0.5, 0.6) is 0 Å². The molecule has 22 heavy (non-hydrogen) atoms. The van der Waals surface area contributed by atoms with Crippen molar-refractivity contribution < 1.29 is 9.90 Å². The Hall–Kier alpha value is -0.970. The van der Waals surface area contributed by atoms with Crippen LogP contribution in [-0.4, -0.2) is 34.7 Å². The number of carbonyl (C=O) groups excluding carboxylic acids is 1. The van der Waals surface area contributed by atoms with Gasteiger partial charge in [-0.3, -0.25) is 0 Å². The van der Waals surface area contributed by atoms with Crippen molar-refractivity contribution in [3.05, 3.63) is 28.2 Å². The maximum atomic E-state index is 12.3. The smallest absolute Gasteiger partial charge is 0.321 e. The fourth-order valence-corrected chi connectivity index (χ4v) is 3.18. The van der Waals surface area contributed by atoms with Crippen LogP contribution in [0, 0.1) is 5.41 Å². The Morgan fingerprint density at radius 2 is 1.68 bits per heavy atom. The van der Waals surface area contributed by atoms with Crippen molar-refractivity contribution in [2.24, 2.45) is 5.41 Å². The lowest BCUT2D eigenvalue weighted by atomic mass is 9.71. The first-order valence-electron chi connectivity index (χ1n) is 7.35. The molecule has 2 amide bonds. The maximum absolute atomic E-state index is 12.3. The van der Waals surface area contributed by atoms with Gasteiger partial charge in [0.25, 0.3) is 0 Å². The number of amides is 2. The van der Waals surface area contributed by atoms with E-state index in [0.717, 1.165) is 0 Å². The molecule has 4 nitrogen and oxygen atoms in total. The Balaban J connectivity index is 1.98. The van der Waals surface area contributed by atoms with Crippen LogP contribution in [-0.2, 0) is 0 Å². The van der Waals surface area contributed by atoms with Gasteiger partial charge in [0.2, 0.25) is 0 Å². The highest BCUT2D eigenvalue weighted by molar-refractivity contribution is 6.35. The van der Waals surface area contributed by atoms with E-state index < -0.39 is 5.60 Å². The largest absolute Gasteiger partial charge is 0.389 e. The number of hydrogen-bond acceptors (Lipinski definition) is 2. The normalized spacial score (nSPS) is 18.2. The highest BCUT2D eigenvalue weighted by atomic mass is 35.5. The molecule has 1 aromatic rings. The van der Waals surface area contributed by atoms with E-state index in [1.54, 1.807) is 23.1 Å². The second kappa shape index (κ2) is 6.26. The molecular weight excluding hydrogens is 323 g/mol. The Labute approximate surface area is 141 Å². The molecule has 1 aliphatic rings. The van der Waals surface area contributed by atoms with Gasteiger partial charge in [-0.25, -0.2) is 4.79 Å². The van der Waals surface area contributed by atoms with E-state index in [-0.39, 0.29) is 11.4 Å². The molecular formula is C16H22Cl2N2O2. The third-order valence-electron chi connectivity index (χ3n) is 4.39. The minimum atomic E-state index is -0.733. The first-order valence-corrected chi connectivity index (χ1v) is 8.11. The number of nitrogens with zero attached hydrogens (tertiary/aromatic N) is 1. The van der Waals surface area contributed by atoms with Crippen molar-refractivity contribution in [3.8, 4) is 0 Å². The molecule has 0 spiro atoms. The van der Waals surface area contributed by atoms with Crippen LogP contribution in [0.2, 0.25) is 10.0 Å². The van der Waals surface area contributed by atoms with E-state index in [1.165, 1.54) is 0 Å². The number of hydrogen-bond donors (Lipinski definition) is 2. The molecule has 1 aliphatic heterocycles. The minimum absolute atomic E-state index is 0.198. The number of nitrogens with one attached hydrogen (secondary N) is 1. The van der Waals surface area contributed by atoms with Crippen LogP contribution in [0.4, 0.5) is 10.5 Å². The Bertz CT molecular complexity index is 542. The lowest BCUT2D eigenvalue weighted by Crippen LogP contribution is -2.53. The molecule has 0 bridgehead atoms. The van der Waals surface area contributed by atoms with E-state index in [4.69, 9.17) is 23.2 Å². The van der Waals surface area contributed by atoms with Crippen LogP contribution in [0.3, 0.4) is 0 Å². The summed E-state index contributed by atoms with van der Waals surface area (Å²) in [5, 5.41) is 14.4. The summed E-state index contributed by atoms with van der Waals surface area (Å²) in [6.45, 7) is 7.12. The van der Waals surface area contributed by atoms with E-state index in [9.17, 15) is 9.90 Å². The Morgan fingerprint density at radius 3 is 2.14 bits per heavy atom. The summed E-state index contributed by atoms with van der Waals surface area (Å²) >= 11 is 11.8. The summed E-state index contributed by atoms with van der Waals surface area (Å²) in [5.41, 5.74) is -0.363. The summed E-state index contributed by atoms with van der Waals surface area (Å²) in [7, 11) is 0. The zero-order chi connectivity index (χ0) is 16.5. The van der Waals surface area contributed by atoms with Gasteiger partial charge in [0, 0.05) is 28.8 Å². The van der Waals surface area contributed by atoms with Gasteiger partial charge in [0.05, 0.1) is 5.60 Å². The summed E-state index contributed by atoms with van der Waals surface area (Å²) in [6.07, 6.45) is 1.14. The molecule has 0 atom stereocenters. The first kappa shape index (κ1) is 17.4. The number of anilines is 1. The van der Waals surface area contributed by atoms with Crippen LogP contribution in [0.1, 0.15) is 33.6 Å². The molecule has 1 fully saturated rings. The molecule has 0 unspecified atom stereocenters. The van der Waals surface area contributed by atoms with Gasteiger partial charge in [0.15, 0.2) is 0 Å². The van der Waals surface area contributed by atoms with E-state index in [0.29, 0.717) is 41.7 Å². The quantitative estimate of drug-likeness (QED) is 0.793. The summed E-state index contributed by atoms with van der Waals surface area (Å²) in [6, 6.07) is 4.72. The number of likely N-dealkylation sites (tertiary alicyclic amines) is 1. The number of urea groups is 1. The topological polar surface area (TPSA) is 52.6 Å². The molecule has 0 radical (unpaired) electrons. The fraction of sp³-hybridized carbons (Fsp3) is 0.562. The van der Waals surface area contributed by atoms with Crippen molar-refractivity contribution in [2.45, 2.75) is 39.2 Å². The summed E-state index contributed by atoms with van der Waals surface area (Å²) in [4.78, 5) is 14.0. The van der Waals surface area contributed by atoms with Gasteiger partial charge < -0.3 is 15.3 Å². The summed E-state index contributed by atoms with van der Waals surface area (Å²) in [5.74, 6) is 0. The predicted molar refractivity (Wildman–Crippen MR) is 90.7 cm³/mol. The number of aliphatic hydroxyl groups is 1. The second-order valence-corrected chi connectivity index (χ2v) is 7.73. The van der Waals surface area contributed by atoms with Gasteiger partial charge in [-0.05, 0) is 36.5 Å². The van der Waals surface area contributed by atoms with Crippen molar-refractivity contribution in [3.63, 3.8) is 0 Å². The van der Waals surface area contributed by atoms with E-state index in [2.05, 4.69) is 5.32 Å². The van der Waals surface area contributed by atoms with Crippen LogP contribution < -0.4 is 5.32 Å². The third-order valence-corrected chi connectivity index (χ3v) is 4.82. The van der Waals surface area contributed by atoms with Crippen molar-refractivity contribution in [1.29, 1.82) is 0 Å². The number of carbonyl (C=O) groups is 1. The number of halogens is 2. The Morgan fingerprint density at radius 1 is 1.18 bits per heavy atom. The average Bonchev–Trinajstić information content (AvgIpc) is 2.36. The highest BCUT2D eigenvalue weighted by Gasteiger charge is 2.43. The van der Waals surface area contributed by atoms with Gasteiger partial charge in [0.1, 0.15) is 0 Å². The highest BCUT2D eigenvalue weighted by Crippen LogP contribution is 2.38. The van der Waals surface area contributed by atoms with Crippen LogP contribution in [0.15, 0.2) is 18.2 Å². The Kier molecular flexibility index (Phi) is 4.95. The van der Waals surface area contributed by atoms with Crippen molar-refractivity contribution in [2.75, 3.05) is 18.4 Å². The molecule has 0 aromatic heterocycles. The molecule has 1 saturated heterocycles. The van der Waals surface area contributed by atoms with E-state index in [1.807, 2.05) is 20.8 Å². The molecule has 1 aromatic carbocycles. The van der Waals surface area contributed by atoms with Crippen LogP contribution in [0.25, 0.3) is 0 Å².